The van der Waals surface area contributed by atoms with Gasteiger partial charge in [0.15, 0.2) is 0 Å². The van der Waals surface area contributed by atoms with E-state index >= 15 is 0 Å². The van der Waals surface area contributed by atoms with E-state index in [-0.39, 0.29) is 11.9 Å². The van der Waals surface area contributed by atoms with Crippen molar-refractivity contribution in [3.63, 3.8) is 0 Å². The maximum Gasteiger partial charge on any atom is 0.330 e. The lowest BCUT2D eigenvalue weighted by atomic mass is 10.2. The minimum Gasteiger partial charge on any atom is -0.458 e. The van der Waals surface area contributed by atoms with Crippen molar-refractivity contribution < 1.29 is 14.3 Å². The van der Waals surface area contributed by atoms with E-state index in [1.54, 1.807) is 11.1 Å². The number of carbonyl (C=O) groups is 2. The molecule has 1 heterocycles. The lowest BCUT2D eigenvalue weighted by Crippen LogP contribution is -2.16. The van der Waals surface area contributed by atoms with Gasteiger partial charge in [0.05, 0.1) is 0 Å². The normalized spacial score (nSPS) is 13.2. The number of rotatable bonds is 4. The van der Waals surface area contributed by atoms with Gasteiger partial charge in [-0.1, -0.05) is 43.5 Å². The zero-order valence-electron chi connectivity index (χ0n) is 11.5. The van der Waals surface area contributed by atoms with Crippen LogP contribution in [-0.2, 0) is 20.9 Å². The molecule has 1 aliphatic heterocycles. The number of likely N-dealkylation sites (tertiary alicyclic amines) is 1. The van der Waals surface area contributed by atoms with Crippen molar-refractivity contribution in [3.05, 3.63) is 61.3 Å². The van der Waals surface area contributed by atoms with Crippen LogP contribution in [0.4, 0.5) is 0 Å². The third-order valence-electron chi connectivity index (χ3n) is 2.72. The molecule has 1 saturated heterocycles. The van der Waals surface area contributed by atoms with E-state index in [4.69, 9.17) is 4.74 Å². The lowest BCUT2D eigenvalue weighted by Gasteiger charge is -2.05. The minimum absolute atomic E-state index is 0.208. The largest absolute Gasteiger partial charge is 0.458 e. The highest BCUT2D eigenvalue weighted by molar-refractivity contribution is 5.81. The summed E-state index contributed by atoms with van der Waals surface area (Å²) in [4.78, 5) is 23.0. The van der Waals surface area contributed by atoms with Crippen LogP contribution in [0, 0.1) is 0 Å². The Morgan fingerprint density at radius 3 is 2.45 bits per heavy atom. The predicted octanol–water partition coefficient (Wildman–Crippen LogP) is 2.67. The van der Waals surface area contributed by atoms with E-state index in [1.165, 1.54) is 0 Å². The summed E-state index contributed by atoms with van der Waals surface area (Å²) in [5.41, 5.74) is 0.979. The first-order chi connectivity index (χ1) is 9.67. The van der Waals surface area contributed by atoms with Crippen LogP contribution in [0.2, 0.25) is 0 Å². The number of benzene rings is 1. The topological polar surface area (TPSA) is 46.6 Å². The van der Waals surface area contributed by atoms with Crippen LogP contribution in [-0.4, -0.2) is 23.3 Å². The Bertz CT molecular complexity index is 468. The van der Waals surface area contributed by atoms with E-state index in [2.05, 4.69) is 13.2 Å². The number of hydrogen-bond donors (Lipinski definition) is 0. The number of amides is 1. The molecule has 4 heteroatoms. The molecule has 1 aliphatic rings. The fourth-order valence-electron chi connectivity index (χ4n) is 1.65. The summed E-state index contributed by atoms with van der Waals surface area (Å²) in [5, 5.41) is 0. The summed E-state index contributed by atoms with van der Waals surface area (Å²) in [7, 11) is 0. The van der Waals surface area contributed by atoms with Gasteiger partial charge in [-0.05, 0) is 18.2 Å². The van der Waals surface area contributed by atoms with Gasteiger partial charge in [0.1, 0.15) is 6.61 Å². The van der Waals surface area contributed by atoms with Crippen LogP contribution in [0.5, 0.6) is 0 Å². The molecule has 2 rings (SSSR count). The quantitative estimate of drug-likeness (QED) is 0.626. The summed E-state index contributed by atoms with van der Waals surface area (Å²) in [6.07, 6.45) is 4.44. The Morgan fingerprint density at radius 2 is 2.00 bits per heavy atom. The van der Waals surface area contributed by atoms with Gasteiger partial charge in [-0.3, -0.25) is 4.79 Å². The molecule has 20 heavy (non-hydrogen) atoms. The first kappa shape index (κ1) is 15.7. The molecule has 0 aromatic heterocycles. The lowest BCUT2D eigenvalue weighted by molar-refractivity contribution is -0.139. The van der Waals surface area contributed by atoms with Crippen LogP contribution in [0.1, 0.15) is 18.4 Å². The molecule has 1 aromatic carbocycles. The molecular weight excluding hydrogens is 254 g/mol. The van der Waals surface area contributed by atoms with E-state index in [0.29, 0.717) is 13.0 Å². The van der Waals surface area contributed by atoms with Crippen molar-refractivity contribution in [1.29, 1.82) is 0 Å². The Labute approximate surface area is 119 Å². The van der Waals surface area contributed by atoms with E-state index < -0.39 is 0 Å². The number of hydrogen-bond acceptors (Lipinski definition) is 3. The zero-order chi connectivity index (χ0) is 14.8. The van der Waals surface area contributed by atoms with Crippen LogP contribution >= 0.6 is 0 Å². The molecule has 0 saturated carbocycles. The molecule has 0 unspecified atom stereocenters. The molecule has 0 N–H and O–H groups in total. The molecule has 0 atom stereocenters. The molecule has 1 amide bonds. The highest BCUT2D eigenvalue weighted by Crippen LogP contribution is 2.08. The molecule has 106 valence electrons. The molecular formula is C16H19NO3. The fourth-order valence-corrected chi connectivity index (χ4v) is 1.65. The van der Waals surface area contributed by atoms with Gasteiger partial charge in [0, 0.05) is 19.0 Å². The second kappa shape index (κ2) is 8.69. The second-order valence-corrected chi connectivity index (χ2v) is 4.17. The monoisotopic (exact) mass is 273 g/mol. The molecule has 1 aromatic rings. The summed E-state index contributed by atoms with van der Waals surface area (Å²) >= 11 is 0. The smallest absolute Gasteiger partial charge is 0.330 e. The van der Waals surface area contributed by atoms with Crippen molar-refractivity contribution in [2.45, 2.75) is 19.4 Å². The third-order valence-corrected chi connectivity index (χ3v) is 2.72. The summed E-state index contributed by atoms with van der Waals surface area (Å²) in [6.45, 7) is 7.97. The van der Waals surface area contributed by atoms with Gasteiger partial charge >= 0.3 is 5.97 Å². The molecule has 0 aliphatic carbocycles. The van der Waals surface area contributed by atoms with Crippen molar-refractivity contribution in [2.24, 2.45) is 0 Å². The van der Waals surface area contributed by atoms with Crippen LogP contribution < -0.4 is 0 Å². The Morgan fingerprint density at radius 1 is 1.30 bits per heavy atom. The van der Waals surface area contributed by atoms with E-state index in [9.17, 15) is 9.59 Å². The van der Waals surface area contributed by atoms with Gasteiger partial charge in [-0.15, -0.1) is 0 Å². The first-order valence-corrected chi connectivity index (χ1v) is 6.42. The molecule has 1 fully saturated rings. The number of carbonyl (C=O) groups excluding carboxylic acids is 2. The molecule has 0 bridgehead atoms. The third kappa shape index (κ3) is 5.52. The highest BCUT2D eigenvalue weighted by atomic mass is 16.5. The van der Waals surface area contributed by atoms with Gasteiger partial charge in [0.25, 0.3) is 0 Å². The molecule has 0 radical (unpaired) electrons. The maximum atomic E-state index is 10.7. The number of esters is 1. The van der Waals surface area contributed by atoms with E-state index in [0.717, 1.165) is 24.6 Å². The summed E-state index contributed by atoms with van der Waals surface area (Å²) in [5.74, 6) is -0.182. The zero-order valence-corrected chi connectivity index (χ0v) is 11.5. The fraction of sp³-hybridized carbons (Fsp3) is 0.250. The van der Waals surface area contributed by atoms with Crippen LogP contribution in [0.3, 0.4) is 0 Å². The average Bonchev–Trinajstić information content (AvgIpc) is 2.91. The molecule has 0 spiro atoms. The molecule has 4 nitrogen and oxygen atoms in total. The van der Waals surface area contributed by atoms with Crippen molar-refractivity contribution >= 4 is 11.9 Å². The Hall–Kier alpha value is -2.36. The van der Waals surface area contributed by atoms with Crippen molar-refractivity contribution in [3.8, 4) is 0 Å². The average molecular weight is 273 g/mol. The number of nitrogens with zero attached hydrogens (tertiary/aromatic N) is 1. The second-order valence-electron chi connectivity index (χ2n) is 4.17. The summed E-state index contributed by atoms with van der Waals surface area (Å²) in [6, 6.07) is 9.51. The van der Waals surface area contributed by atoms with E-state index in [1.807, 2.05) is 30.3 Å². The first-order valence-electron chi connectivity index (χ1n) is 6.42. The summed E-state index contributed by atoms with van der Waals surface area (Å²) < 4.78 is 4.82. The van der Waals surface area contributed by atoms with Crippen molar-refractivity contribution in [1.82, 2.24) is 4.90 Å². The van der Waals surface area contributed by atoms with Gasteiger partial charge in [-0.2, -0.15) is 0 Å². The van der Waals surface area contributed by atoms with Crippen molar-refractivity contribution in [2.75, 3.05) is 6.54 Å². The Kier molecular flexibility index (Phi) is 6.82. The highest BCUT2D eigenvalue weighted by Gasteiger charge is 2.15. The van der Waals surface area contributed by atoms with Gasteiger partial charge in [-0.25, -0.2) is 4.79 Å². The van der Waals surface area contributed by atoms with Gasteiger partial charge in [0.2, 0.25) is 5.91 Å². The number of ether oxygens (including phenoxy) is 1. The maximum absolute atomic E-state index is 10.7. The Balaban J connectivity index is 0.000000217. The van der Waals surface area contributed by atoms with Gasteiger partial charge < -0.3 is 9.64 Å². The van der Waals surface area contributed by atoms with Crippen LogP contribution in [0.25, 0.3) is 0 Å². The SMILES string of the molecule is C=CC(=O)OCc1ccccc1.C=CN1CCCC1=O. The predicted molar refractivity (Wildman–Crippen MR) is 77.6 cm³/mol. The standard InChI is InChI=1S/C10H10O2.C6H9NO/c1-2-10(11)12-8-9-6-4-3-5-7-9;1-2-7-5-3-4-6(7)8/h2-7H,1,8H2;2H,1,3-5H2. The van der Waals surface area contributed by atoms with Crippen LogP contribution in [0.15, 0.2) is 55.8 Å². The minimum atomic E-state index is -0.390.